The van der Waals surface area contributed by atoms with Gasteiger partial charge in [0.15, 0.2) is 12.8 Å². The molecule has 9 nitrogen and oxygen atoms in total. The van der Waals surface area contributed by atoms with Gasteiger partial charge in [-0.2, -0.15) is 0 Å². The third-order valence-electron chi connectivity index (χ3n) is 3.66. The quantitative estimate of drug-likeness (QED) is 0.590. The average molecular weight is 362 g/mol. The predicted molar refractivity (Wildman–Crippen MR) is 84.4 cm³/mol. The Morgan fingerprint density at radius 2 is 2.36 bits per heavy atom. The van der Waals surface area contributed by atoms with E-state index in [0.29, 0.717) is 4.57 Å². The number of aromatic nitrogens is 2. The molecule has 0 radical (unpaired) electrons. The van der Waals surface area contributed by atoms with Crippen LogP contribution < -0.4 is 17.0 Å². The molecular formula is C15H22FN3O6. The standard InChI is InChI=1S/C15H22FN3O6/c1-7(2)10(17)13(22)24-6-15(16)4-9(20)12(25-15)19-5-8(3)11(21)18-14(19)23/h5,7,9-10,12,20H,4,6,17H2,1-3H3,(H,18,21,23)/t9-,10+,12-,15+/m1/s1/i6D2,12D. The number of nitrogens with one attached hydrogen (secondary N) is 1. The summed E-state index contributed by atoms with van der Waals surface area (Å²) >= 11 is 0. The number of carbonyl (C=O) groups excluding carboxylic acids is 1. The second-order valence-corrected chi connectivity index (χ2v) is 6.12. The number of rotatable bonds is 5. The van der Waals surface area contributed by atoms with Crippen LogP contribution in [-0.4, -0.2) is 45.2 Å². The normalized spacial score (nSPS) is 32.8. The Hall–Kier alpha value is -2.04. The summed E-state index contributed by atoms with van der Waals surface area (Å²) in [6, 6.07) is -1.24. The fourth-order valence-corrected chi connectivity index (χ4v) is 2.08. The fraction of sp³-hybridized carbons (Fsp3) is 0.667. The van der Waals surface area contributed by atoms with Crippen LogP contribution in [0.15, 0.2) is 15.8 Å². The van der Waals surface area contributed by atoms with Crippen molar-refractivity contribution in [1.82, 2.24) is 9.55 Å². The van der Waals surface area contributed by atoms with E-state index in [9.17, 15) is 19.5 Å². The lowest BCUT2D eigenvalue weighted by atomic mass is 10.1. The number of nitrogens with zero attached hydrogens (tertiary/aromatic N) is 1. The van der Waals surface area contributed by atoms with Gasteiger partial charge < -0.3 is 20.3 Å². The largest absolute Gasteiger partial charge is 0.458 e. The SMILES string of the molecule is [2H]C([2H])(OC(=O)[C@@H](N)C(C)C)[C@]1(F)C[C@@H](O)[C@]([2H])(n2cc(C)c(=O)[nH]c2=O)O1. The molecule has 0 amide bonds. The fourth-order valence-electron chi connectivity index (χ4n) is 2.08. The zero-order valence-corrected chi connectivity index (χ0v) is 13.9. The number of aryl methyl sites for hydroxylation is 1. The number of carbonyl (C=O) groups is 1. The first kappa shape index (κ1) is 15.2. The number of esters is 1. The van der Waals surface area contributed by atoms with Crippen LogP contribution >= 0.6 is 0 Å². The summed E-state index contributed by atoms with van der Waals surface area (Å²) in [5.41, 5.74) is 3.60. The Labute approximate surface area is 146 Å². The number of aliphatic hydroxyl groups excluding tert-OH is 1. The molecule has 4 N–H and O–H groups in total. The van der Waals surface area contributed by atoms with E-state index in [1.54, 1.807) is 13.8 Å². The maximum Gasteiger partial charge on any atom is 0.330 e. The van der Waals surface area contributed by atoms with Crippen molar-refractivity contribution in [2.45, 2.75) is 51.4 Å². The van der Waals surface area contributed by atoms with Crippen molar-refractivity contribution in [3.8, 4) is 0 Å². The number of hydrogen-bond donors (Lipinski definition) is 3. The summed E-state index contributed by atoms with van der Waals surface area (Å²) in [5, 5.41) is 10.2. The predicted octanol–water partition coefficient (Wildman–Crippen LogP) is -0.683. The van der Waals surface area contributed by atoms with Gasteiger partial charge in [0.2, 0.25) is 5.85 Å². The van der Waals surface area contributed by atoms with Crippen molar-refractivity contribution in [2.75, 3.05) is 6.56 Å². The third kappa shape index (κ3) is 4.14. The number of aliphatic hydroxyl groups is 1. The second kappa shape index (κ2) is 7.06. The molecule has 0 unspecified atom stereocenters. The van der Waals surface area contributed by atoms with Crippen LogP contribution in [0.3, 0.4) is 0 Å². The Bertz CT molecular complexity index is 891. The van der Waals surface area contributed by atoms with Gasteiger partial charge in [-0.25, -0.2) is 9.18 Å². The second-order valence-electron chi connectivity index (χ2n) is 6.12. The van der Waals surface area contributed by atoms with Crippen LogP contribution in [0.4, 0.5) is 4.39 Å². The summed E-state index contributed by atoms with van der Waals surface area (Å²) in [4.78, 5) is 37.3. The molecule has 10 heteroatoms. The molecule has 1 aromatic rings. The Kier molecular flexibility index (Phi) is 4.30. The number of ether oxygens (including phenoxy) is 2. The van der Waals surface area contributed by atoms with Crippen LogP contribution in [0, 0.1) is 12.8 Å². The number of alkyl halides is 1. The number of H-pyrrole nitrogens is 1. The lowest BCUT2D eigenvalue weighted by molar-refractivity contribution is -0.196. The molecule has 2 heterocycles. The van der Waals surface area contributed by atoms with E-state index in [1.165, 1.54) is 6.92 Å². The number of nitrogens with two attached hydrogens (primary N) is 1. The highest BCUT2D eigenvalue weighted by molar-refractivity contribution is 5.75. The first-order chi connectivity index (χ1) is 12.6. The number of halogens is 1. The molecule has 0 aliphatic carbocycles. The third-order valence-corrected chi connectivity index (χ3v) is 3.66. The molecule has 1 fully saturated rings. The lowest BCUT2D eigenvalue weighted by Crippen LogP contribution is -2.40. The van der Waals surface area contributed by atoms with Crippen molar-refractivity contribution in [3.05, 3.63) is 32.6 Å². The van der Waals surface area contributed by atoms with Gasteiger partial charge >= 0.3 is 11.7 Å². The van der Waals surface area contributed by atoms with Crippen LogP contribution in [0.5, 0.6) is 0 Å². The summed E-state index contributed by atoms with van der Waals surface area (Å²) in [6.07, 6.45) is -5.11. The van der Waals surface area contributed by atoms with Gasteiger partial charge in [-0.15, -0.1) is 0 Å². The van der Waals surface area contributed by atoms with Gasteiger partial charge in [-0.3, -0.25) is 19.1 Å². The van der Waals surface area contributed by atoms with Crippen molar-refractivity contribution in [2.24, 2.45) is 11.7 Å². The van der Waals surface area contributed by atoms with E-state index in [4.69, 9.17) is 14.6 Å². The Morgan fingerprint density at radius 1 is 1.72 bits per heavy atom. The molecular weight excluding hydrogens is 337 g/mol. The smallest absolute Gasteiger partial charge is 0.330 e. The van der Waals surface area contributed by atoms with Gasteiger partial charge in [-0.05, 0) is 12.8 Å². The molecule has 0 bridgehead atoms. The number of hydrogen-bond acceptors (Lipinski definition) is 7. The molecule has 2 rings (SSSR count). The summed E-state index contributed by atoms with van der Waals surface area (Å²) in [6.45, 7) is 1.02. The van der Waals surface area contributed by atoms with Crippen LogP contribution in [-0.2, 0) is 14.3 Å². The summed E-state index contributed by atoms with van der Waals surface area (Å²) < 4.78 is 48.8. The monoisotopic (exact) mass is 362 g/mol. The highest BCUT2D eigenvalue weighted by Gasteiger charge is 2.49. The molecule has 0 aromatic carbocycles. The minimum atomic E-state index is -3.47. The van der Waals surface area contributed by atoms with E-state index in [2.05, 4.69) is 4.74 Å². The molecule has 140 valence electrons. The van der Waals surface area contributed by atoms with E-state index in [0.717, 1.165) is 6.20 Å². The molecule has 1 aromatic heterocycles. The highest BCUT2D eigenvalue weighted by atomic mass is 19.2. The van der Waals surface area contributed by atoms with Crippen LogP contribution in [0.2, 0.25) is 0 Å². The van der Waals surface area contributed by atoms with Crippen molar-refractivity contribution in [3.63, 3.8) is 0 Å². The van der Waals surface area contributed by atoms with Crippen molar-refractivity contribution >= 4 is 5.97 Å². The van der Waals surface area contributed by atoms with E-state index in [-0.39, 0.29) is 5.56 Å². The number of aromatic amines is 1. The maximum absolute atomic E-state index is 15.3. The van der Waals surface area contributed by atoms with Gasteiger partial charge in [0, 0.05) is 18.2 Å². The zero-order chi connectivity index (χ0) is 21.7. The lowest BCUT2D eigenvalue weighted by Gasteiger charge is -2.22. The highest BCUT2D eigenvalue weighted by Crippen LogP contribution is 2.37. The van der Waals surface area contributed by atoms with Crippen LogP contribution in [0.25, 0.3) is 0 Å². The summed E-state index contributed by atoms with van der Waals surface area (Å²) in [5.74, 6) is -5.13. The van der Waals surface area contributed by atoms with E-state index >= 15 is 4.39 Å². The molecule has 0 saturated carbocycles. The van der Waals surface area contributed by atoms with Gasteiger partial charge in [0.25, 0.3) is 5.56 Å². The molecule has 1 aliphatic heterocycles. The average Bonchev–Trinajstić information content (AvgIpc) is 2.81. The van der Waals surface area contributed by atoms with Gasteiger partial charge in [0.1, 0.15) is 12.1 Å². The summed E-state index contributed by atoms with van der Waals surface area (Å²) in [7, 11) is 0. The first-order valence-corrected chi connectivity index (χ1v) is 7.53. The molecule has 1 saturated heterocycles. The topological polar surface area (TPSA) is 137 Å². The van der Waals surface area contributed by atoms with Crippen LogP contribution in [0.1, 0.15) is 36.1 Å². The Morgan fingerprint density at radius 3 is 2.96 bits per heavy atom. The first-order valence-electron chi connectivity index (χ1n) is 9.03. The maximum atomic E-state index is 15.3. The van der Waals surface area contributed by atoms with E-state index < -0.39 is 60.3 Å². The van der Waals surface area contributed by atoms with Gasteiger partial charge in [-0.1, -0.05) is 13.8 Å². The van der Waals surface area contributed by atoms with Crippen molar-refractivity contribution in [1.29, 1.82) is 0 Å². The minimum Gasteiger partial charge on any atom is -0.458 e. The zero-order valence-electron chi connectivity index (χ0n) is 16.9. The molecule has 0 spiro atoms. The van der Waals surface area contributed by atoms with Gasteiger partial charge in [0.05, 0.1) is 4.11 Å². The molecule has 4 atom stereocenters. The molecule has 1 aliphatic rings. The van der Waals surface area contributed by atoms with E-state index in [1.807, 2.05) is 4.98 Å². The van der Waals surface area contributed by atoms with Crippen molar-refractivity contribution < 1.29 is 27.9 Å². The Balaban J connectivity index is 2.39. The minimum absolute atomic E-state index is 0.0317. The molecule has 25 heavy (non-hydrogen) atoms.